The van der Waals surface area contributed by atoms with Gasteiger partial charge in [-0.3, -0.25) is 4.79 Å². The number of benzene rings is 1. The molecular formula is C17H24N2O2. The minimum Gasteiger partial charge on any atom is -0.496 e. The quantitative estimate of drug-likeness (QED) is 0.822. The second-order valence-corrected chi connectivity index (χ2v) is 5.23. The van der Waals surface area contributed by atoms with Crippen molar-refractivity contribution in [2.24, 2.45) is 0 Å². The molecule has 4 nitrogen and oxygen atoms in total. The fraction of sp³-hybridized carbons (Fsp3) is 0.471. The highest BCUT2D eigenvalue weighted by atomic mass is 16.5. The second kappa shape index (κ2) is 7.16. The summed E-state index contributed by atoms with van der Waals surface area (Å²) in [6.07, 6.45) is 5.28. The van der Waals surface area contributed by atoms with E-state index in [4.69, 9.17) is 4.74 Å². The summed E-state index contributed by atoms with van der Waals surface area (Å²) in [5.74, 6) is 1.06. The second-order valence-electron chi connectivity index (χ2n) is 5.23. The van der Waals surface area contributed by atoms with Crippen LogP contribution >= 0.6 is 0 Å². The minimum atomic E-state index is 0.128. The Bertz CT molecular complexity index is 617. The SMILES string of the molecule is CCCC(=O)NCCc1c[nH]c2cc(CC)c(OC)cc12. The Morgan fingerprint density at radius 3 is 2.76 bits per heavy atom. The zero-order chi connectivity index (χ0) is 15.2. The number of methoxy groups -OCH3 is 1. The summed E-state index contributed by atoms with van der Waals surface area (Å²) in [6, 6.07) is 4.24. The van der Waals surface area contributed by atoms with E-state index >= 15 is 0 Å². The van der Waals surface area contributed by atoms with Gasteiger partial charge in [0.2, 0.25) is 5.91 Å². The van der Waals surface area contributed by atoms with E-state index < -0.39 is 0 Å². The lowest BCUT2D eigenvalue weighted by molar-refractivity contribution is -0.121. The summed E-state index contributed by atoms with van der Waals surface area (Å²) in [6.45, 7) is 4.80. The van der Waals surface area contributed by atoms with E-state index in [2.05, 4.69) is 29.4 Å². The van der Waals surface area contributed by atoms with E-state index in [-0.39, 0.29) is 5.91 Å². The molecule has 1 heterocycles. The van der Waals surface area contributed by atoms with E-state index in [9.17, 15) is 4.79 Å². The van der Waals surface area contributed by atoms with Gasteiger partial charge in [-0.2, -0.15) is 0 Å². The fourth-order valence-corrected chi connectivity index (χ4v) is 2.58. The van der Waals surface area contributed by atoms with E-state index in [1.165, 1.54) is 16.5 Å². The third-order valence-electron chi connectivity index (χ3n) is 3.74. The van der Waals surface area contributed by atoms with Crippen LogP contribution in [0.25, 0.3) is 10.9 Å². The molecule has 0 aliphatic rings. The molecule has 0 aliphatic heterocycles. The highest BCUT2D eigenvalue weighted by Gasteiger charge is 2.09. The molecule has 2 rings (SSSR count). The predicted octanol–water partition coefficient (Wildman–Crippen LogP) is 3.20. The number of amides is 1. The average Bonchev–Trinajstić information content (AvgIpc) is 2.88. The molecule has 0 radical (unpaired) electrons. The topological polar surface area (TPSA) is 54.1 Å². The smallest absolute Gasteiger partial charge is 0.219 e. The summed E-state index contributed by atoms with van der Waals surface area (Å²) < 4.78 is 5.46. The number of H-pyrrole nitrogens is 1. The van der Waals surface area contributed by atoms with Gasteiger partial charge in [0.15, 0.2) is 0 Å². The van der Waals surface area contributed by atoms with Gasteiger partial charge in [-0.15, -0.1) is 0 Å². The van der Waals surface area contributed by atoms with Crippen LogP contribution < -0.4 is 10.1 Å². The van der Waals surface area contributed by atoms with Crippen LogP contribution in [0.2, 0.25) is 0 Å². The van der Waals surface area contributed by atoms with Crippen LogP contribution in [0.15, 0.2) is 18.3 Å². The molecule has 4 heteroatoms. The number of hydrogen-bond acceptors (Lipinski definition) is 2. The maximum Gasteiger partial charge on any atom is 0.219 e. The molecule has 2 aromatic rings. The van der Waals surface area contributed by atoms with Crippen molar-refractivity contribution in [3.63, 3.8) is 0 Å². The van der Waals surface area contributed by atoms with Crippen molar-refractivity contribution in [3.05, 3.63) is 29.5 Å². The molecule has 21 heavy (non-hydrogen) atoms. The van der Waals surface area contributed by atoms with Crippen LogP contribution in [0.4, 0.5) is 0 Å². The standard InChI is InChI=1S/C17H24N2O2/c1-4-6-17(20)18-8-7-13-11-19-15-9-12(5-2)16(21-3)10-14(13)15/h9-11,19H,4-8H2,1-3H3,(H,18,20). The monoisotopic (exact) mass is 288 g/mol. The largest absolute Gasteiger partial charge is 0.496 e. The number of aromatic amines is 1. The number of ether oxygens (including phenoxy) is 1. The minimum absolute atomic E-state index is 0.128. The molecule has 0 bridgehead atoms. The van der Waals surface area contributed by atoms with E-state index in [1.807, 2.05) is 13.1 Å². The number of carbonyl (C=O) groups excluding carboxylic acids is 1. The molecule has 114 valence electrons. The van der Waals surface area contributed by atoms with Gasteiger partial charge in [0, 0.05) is 30.1 Å². The molecule has 1 amide bonds. The van der Waals surface area contributed by atoms with Crippen molar-refractivity contribution < 1.29 is 9.53 Å². The average molecular weight is 288 g/mol. The highest BCUT2D eigenvalue weighted by Crippen LogP contribution is 2.28. The van der Waals surface area contributed by atoms with Crippen LogP contribution in [0.3, 0.4) is 0 Å². The molecule has 0 saturated carbocycles. The molecule has 1 aromatic heterocycles. The first-order valence-corrected chi connectivity index (χ1v) is 7.63. The predicted molar refractivity (Wildman–Crippen MR) is 85.9 cm³/mol. The van der Waals surface area contributed by atoms with E-state index in [0.717, 1.165) is 30.5 Å². The number of rotatable bonds is 7. The Morgan fingerprint density at radius 1 is 1.29 bits per heavy atom. The van der Waals surface area contributed by atoms with Crippen molar-refractivity contribution in [2.45, 2.75) is 39.5 Å². The highest BCUT2D eigenvalue weighted by molar-refractivity contribution is 5.86. The van der Waals surface area contributed by atoms with Crippen LogP contribution in [-0.2, 0) is 17.6 Å². The lowest BCUT2D eigenvalue weighted by atomic mass is 10.1. The Labute approximate surface area is 125 Å². The number of aryl methyl sites for hydroxylation is 1. The molecule has 0 aliphatic carbocycles. The summed E-state index contributed by atoms with van der Waals surface area (Å²) in [4.78, 5) is 14.8. The van der Waals surface area contributed by atoms with E-state index in [0.29, 0.717) is 13.0 Å². The molecule has 1 aromatic carbocycles. The van der Waals surface area contributed by atoms with Gasteiger partial charge >= 0.3 is 0 Å². The Balaban J connectivity index is 2.12. The van der Waals surface area contributed by atoms with E-state index in [1.54, 1.807) is 7.11 Å². The normalized spacial score (nSPS) is 10.8. The summed E-state index contributed by atoms with van der Waals surface area (Å²) in [5.41, 5.74) is 3.54. The lowest BCUT2D eigenvalue weighted by Crippen LogP contribution is -2.25. The Hall–Kier alpha value is -1.97. The summed E-state index contributed by atoms with van der Waals surface area (Å²) >= 11 is 0. The number of fused-ring (bicyclic) bond motifs is 1. The third kappa shape index (κ3) is 3.57. The molecule has 2 N–H and O–H groups in total. The molecule has 0 saturated heterocycles. The van der Waals surface area contributed by atoms with Crippen LogP contribution in [0, 0.1) is 0 Å². The molecular weight excluding hydrogens is 264 g/mol. The molecule has 0 spiro atoms. The van der Waals surface area contributed by atoms with Crippen LogP contribution in [0.1, 0.15) is 37.8 Å². The van der Waals surface area contributed by atoms with Gasteiger partial charge in [0.25, 0.3) is 0 Å². The number of aromatic nitrogens is 1. The third-order valence-corrected chi connectivity index (χ3v) is 3.74. The van der Waals surface area contributed by atoms with Gasteiger partial charge in [0.05, 0.1) is 7.11 Å². The zero-order valence-electron chi connectivity index (χ0n) is 13.1. The van der Waals surface area contributed by atoms with Crippen molar-refractivity contribution in [1.82, 2.24) is 10.3 Å². The number of nitrogens with one attached hydrogen (secondary N) is 2. The van der Waals surface area contributed by atoms with Gasteiger partial charge in [-0.05, 0) is 42.5 Å². The van der Waals surface area contributed by atoms with Crippen molar-refractivity contribution in [2.75, 3.05) is 13.7 Å². The van der Waals surface area contributed by atoms with Crippen molar-refractivity contribution in [1.29, 1.82) is 0 Å². The Morgan fingerprint density at radius 2 is 2.10 bits per heavy atom. The first-order valence-electron chi connectivity index (χ1n) is 7.63. The molecule has 0 atom stereocenters. The first-order chi connectivity index (χ1) is 10.2. The van der Waals surface area contributed by atoms with Crippen LogP contribution in [0.5, 0.6) is 5.75 Å². The summed E-state index contributed by atoms with van der Waals surface area (Å²) in [7, 11) is 1.71. The Kier molecular flexibility index (Phi) is 5.26. The fourth-order valence-electron chi connectivity index (χ4n) is 2.58. The van der Waals surface area contributed by atoms with Gasteiger partial charge in [-0.25, -0.2) is 0 Å². The van der Waals surface area contributed by atoms with Crippen LogP contribution in [-0.4, -0.2) is 24.5 Å². The number of hydrogen-bond donors (Lipinski definition) is 2. The maximum atomic E-state index is 11.5. The zero-order valence-corrected chi connectivity index (χ0v) is 13.1. The van der Waals surface area contributed by atoms with Gasteiger partial charge in [-0.1, -0.05) is 13.8 Å². The first kappa shape index (κ1) is 15.4. The van der Waals surface area contributed by atoms with Crippen molar-refractivity contribution >= 4 is 16.8 Å². The summed E-state index contributed by atoms with van der Waals surface area (Å²) in [5, 5.41) is 4.13. The molecule has 0 fully saturated rings. The van der Waals surface area contributed by atoms with Gasteiger partial charge in [0.1, 0.15) is 5.75 Å². The molecule has 0 unspecified atom stereocenters. The van der Waals surface area contributed by atoms with Gasteiger partial charge < -0.3 is 15.0 Å². The number of carbonyl (C=O) groups is 1. The van der Waals surface area contributed by atoms with Crippen molar-refractivity contribution in [3.8, 4) is 5.75 Å². The lowest BCUT2D eigenvalue weighted by Gasteiger charge is -2.08. The maximum absolute atomic E-state index is 11.5.